The van der Waals surface area contributed by atoms with Crippen LogP contribution >= 0.6 is 0 Å². The lowest BCUT2D eigenvalue weighted by Crippen LogP contribution is -2.30. The van der Waals surface area contributed by atoms with Crippen molar-refractivity contribution in [2.45, 2.75) is 25.9 Å². The molecule has 0 bridgehead atoms. The van der Waals surface area contributed by atoms with Crippen molar-refractivity contribution in [3.8, 4) is 5.88 Å². The molecule has 0 saturated carbocycles. The summed E-state index contributed by atoms with van der Waals surface area (Å²) in [5.74, 6) is -0.0169. The van der Waals surface area contributed by atoms with Crippen LogP contribution in [-0.4, -0.2) is 53.1 Å². The number of pyridine rings is 1. The lowest BCUT2D eigenvalue weighted by Gasteiger charge is -2.17. The van der Waals surface area contributed by atoms with Crippen molar-refractivity contribution in [2.24, 2.45) is 5.92 Å². The van der Waals surface area contributed by atoms with Gasteiger partial charge in [-0.05, 0) is 19.4 Å². The van der Waals surface area contributed by atoms with Crippen molar-refractivity contribution in [1.82, 2.24) is 9.88 Å². The molecule has 2 heterocycles. The van der Waals surface area contributed by atoms with E-state index >= 15 is 0 Å². The van der Waals surface area contributed by atoms with Crippen LogP contribution in [0.5, 0.6) is 5.88 Å². The van der Waals surface area contributed by atoms with E-state index in [-0.39, 0.29) is 17.7 Å². The molecule has 1 aliphatic heterocycles. The van der Waals surface area contributed by atoms with E-state index in [0.29, 0.717) is 18.7 Å². The summed E-state index contributed by atoms with van der Waals surface area (Å²) in [6.07, 6.45) is -0.910. The van der Waals surface area contributed by atoms with Crippen LogP contribution in [0.4, 0.5) is 8.78 Å². The summed E-state index contributed by atoms with van der Waals surface area (Å²) >= 11 is 0. The van der Waals surface area contributed by atoms with Crippen LogP contribution in [-0.2, 0) is 0 Å². The number of alkyl halides is 2. The van der Waals surface area contributed by atoms with Gasteiger partial charge < -0.3 is 14.7 Å². The standard InChI is InChI=1S/C14H18F2N2O3/c1-9(19)11-4-5-18(7-11)14(20)10-2-3-13(17-6-10)21-8-12(15)16/h2-3,6,9,11-12,19H,4-5,7-8H2,1H3. The number of hydrogen-bond donors (Lipinski definition) is 1. The Morgan fingerprint density at radius 3 is 2.86 bits per heavy atom. The van der Waals surface area contributed by atoms with E-state index in [4.69, 9.17) is 4.74 Å². The van der Waals surface area contributed by atoms with Crippen LogP contribution in [0.15, 0.2) is 18.3 Å². The molecular weight excluding hydrogens is 282 g/mol. The number of rotatable bonds is 5. The Labute approximate surface area is 121 Å². The minimum Gasteiger partial charge on any atom is -0.472 e. The third-order valence-electron chi connectivity index (χ3n) is 3.53. The van der Waals surface area contributed by atoms with E-state index in [0.717, 1.165) is 6.42 Å². The predicted molar refractivity (Wildman–Crippen MR) is 71.4 cm³/mol. The van der Waals surface area contributed by atoms with Crippen LogP contribution in [0, 0.1) is 5.92 Å². The van der Waals surface area contributed by atoms with Gasteiger partial charge in [-0.3, -0.25) is 4.79 Å². The zero-order valence-corrected chi connectivity index (χ0v) is 11.7. The predicted octanol–water partition coefficient (Wildman–Crippen LogP) is 1.57. The number of carbonyl (C=O) groups excluding carboxylic acids is 1. The third-order valence-corrected chi connectivity index (χ3v) is 3.53. The van der Waals surface area contributed by atoms with Crippen molar-refractivity contribution >= 4 is 5.91 Å². The Balaban J connectivity index is 1.94. The Morgan fingerprint density at radius 1 is 1.57 bits per heavy atom. The molecule has 1 saturated heterocycles. The Morgan fingerprint density at radius 2 is 2.33 bits per heavy atom. The highest BCUT2D eigenvalue weighted by Crippen LogP contribution is 2.21. The van der Waals surface area contributed by atoms with Crippen LogP contribution in [0.2, 0.25) is 0 Å². The fourth-order valence-corrected chi connectivity index (χ4v) is 2.29. The second kappa shape index (κ2) is 6.80. The summed E-state index contributed by atoms with van der Waals surface area (Å²) in [5, 5.41) is 9.53. The van der Waals surface area contributed by atoms with Gasteiger partial charge in [0, 0.05) is 31.3 Å². The van der Waals surface area contributed by atoms with Crippen molar-refractivity contribution in [3.63, 3.8) is 0 Å². The van der Waals surface area contributed by atoms with Gasteiger partial charge in [0.1, 0.15) is 0 Å². The lowest BCUT2D eigenvalue weighted by atomic mass is 10.0. The quantitative estimate of drug-likeness (QED) is 0.896. The van der Waals surface area contributed by atoms with Gasteiger partial charge in [-0.25, -0.2) is 13.8 Å². The van der Waals surface area contributed by atoms with Crippen molar-refractivity contribution < 1.29 is 23.4 Å². The largest absolute Gasteiger partial charge is 0.472 e. The maximum absolute atomic E-state index is 12.2. The van der Waals surface area contributed by atoms with Crippen molar-refractivity contribution in [2.75, 3.05) is 19.7 Å². The minimum atomic E-state index is -2.56. The zero-order chi connectivity index (χ0) is 15.4. The number of halogens is 2. The summed E-state index contributed by atoms with van der Waals surface area (Å²) in [6, 6.07) is 2.91. The number of hydrogen-bond acceptors (Lipinski definition) is 4. The van der Waals surface area contributed by atoms with Gasteiger partial charge in [-0.15, -0.1) is 0 Å². The molecular formula is C14H18F2N2O3. The highest BCUT2D eigenvalue weighted by Gasteiger charge is 2.29. The van der Waals surface area contributed by atoms with Gasteiger partial charge in [0.15, 0.2) is 6.61 Å². The third kappa shape index (κ3) is 4.10. The molecule has 21 heavy (non-hydrogen) atoms. The van der Waals surface area contributed by atoms with Crippen molar-refractivity contribution in [1.29, 1.82) is 0 Å². The van der Waals surface area contributed by atoms with E-state index < -0.39 is 19.1 Å². The fourth-order valence-electron chi connectivity index (χ4n) is 2.29. The molecule has 2 atom stereocenters. The van der Waals surface area contributed by atoms with Crippen molar-refractivity contribution in [3.05, 3.63) is 23.9 Å². The summed E-state index contributed by atoms with van der Waals surface area (Å²) in [5.41, 5.74) is 0.380. The average Bonchev–Trinajstić information content (AvgIpc) is 2.95. The molecule has 7 heteroatoms. The molecule has 1 N–H and O–H groups in total. The van der Waals surface area contributed by atoms with Crippen LogP contribution in [0.25, 0.3) is 0 Å². The van der Waals surface area contributed by atoms with Crippen LogP contribution < -0.4 is 4.74 Å². The molecule has 1 amide bonds. The average molecular weight is 300 g/mol. The van der Waals surface area contributed by atoms with E-state index in [2.05, 4.69) is 4.98 Å². The first-order valence-corrected chi connectivity index (χ1v) is 6.81. The molecule has 1 aromatic rings. The minimum absolute atomic E-state index is 0.0649. The molecule has 2 unspecified atom stereocenters. The number of ether oxygens (including phenoxy) is 1. The molecule has 0 aliphatic carbocycles. The number of carbonyl (C=O) groups is 1. The first-order chi connectivity index (χ1) is 9.97. The molecule has 1 aliphatic rings. The second-order valence-electron chi connectivity index (χ2n) is 5.13. The normalized spacial score (nSPS) is 19.9. The van der Waals surface area contributed by atoms with E-state index in [1.54, 1.807) is 11.8 Å². The summed E-state index contributed by atoms with van der Waals surface area (Å²) in [6.45, 7) is 2.11. The Kier molecular flexibility index (Phi) is 5.06. The monoisotopic (exact) mass is 300 g/mol. The molecule has 2 rings (SSSR count). The van der Waals surface area contributed by atoms with E-state index in [1.165, 1.54) is 18.3 Å². The number of aliphatic hydroxyl groups excluding tert-OH is 1. The molecule has 1 aromatic heterocycles. The lowest BCUT2D eigenvalue weighted by molar-refractivity contribution is 0.0755. The number of aromatic nitrogens is 1. The van der Waals surface area contributed by atoms with Gasteiger partial charge in [0.25, 0.3) is 12.3 Å². The highest BCUT2D eigenvalue weighted by molar-refractivity contribution is 5.94. The Hall–Kier alpha value is -1.76. The maximum Gasteiger partial charge on any atom is 0.272 e. The topological polar surface area (TPSA) is 62.7 Å². The van der Waals surface area contributed by atoms with E-state index in [1.807, 2.05) is 0 Å². The molecule has 5 nitrogen and oxygen atoms in total. The first-order valence-electron chi connectivity index (χ1n) is 6.81. The maximum atomic E-state index is 12.2. The van der Waals surface area contributed by atoms with Gasteiger partial charge in [-0.1, -0.05) is 0 Å². The fraction of sp³-hybridized carbons (Fsp3) is 0.571. The molecule has 1 fully saturated rings. The van der Waals surface area contributed by atoms with E-state index in [9.17, 15) is 18.7 Å². The van der Waals surface area contributed by atoms with Gasteiger partial charge >= 0.3 is 0 Å². The highest BCUT2D eigenvalue weighted by atomic mass is 19.3. The first kappa shape index (κ1) is 15.6. The van der Waals surface area contributed by atoms with Crippen LogP contribution in [0.3, 0.4) is 0 Å². The summed E-state index contributed by atoms with van der Waals surface area (Å²) < 4.78 is 28.8. The van der Waals surface area contributed by atoms with Gasteiger partial charge in [0.2, 0.25) is 5.88 Å². The number of nitrogens with zero attached hydrogens (tertiary/aromatic N) is 2. The number of aliphatic hydroxyl groups is 1. The van der Waals surface area contributed by atoms with Gasteiger partial charge in [0.05, 0.1) is 11.7 Å². The number of likely N-dealkylation sites (tertiary alicyclic amines) is 1. The summed E-state index contributed by atoms with van der Waals surface area (Å²) in [7, 11) is 0. The summed E-state index contributed by atoms with van der Waals surface area (Å²) in [4.78, 5) is 17.7. The molecule has 0 aromatic carbocycles. The SMILES string of the molecule is CC(O)C1CCN(C(=O)c2ccc(OCC(F)F)nc2)C1. The Bertz CT molecular complexity index is 480. The van der Waals surface area contributed by atoms with Gasteiger partial charge in [-0.2, -0.15) is 0 Å². The molecule has 116 valence electrons. The second-order valence-corrected chi connectivity index (χ2v) is 5.13. The molecule has 0 radical (unpaired) electrons. The number of amides is 1. The smallest absolute Gasteiger partial charge is 0.272 e. The zero-order valence-electron chi connectivity index (χ0n) is 11.7. The van der Waals surface area contributed by atoms with Crippen LogP contribution in [0.1, 0.15) is 23.7 Å². The molecule has 0 spiro atoms.